The molecule has 0 radical (unpaired) electrons. The van der Waals surface area contributed by atoms with E-state index in [0.29, 0.717) is 30.6 Å². The van der Waals surface area contributed by atoms with Crippen molar-refractivity contribution < 1.29 is 13.3 Å². The number of nitrogens with zero attached hydrogens (tertiary/aromatic N) is 2. The fraction of sp³-hybridized carbons (Fsp3) is 0.571. The average molecular weight is 327 g/mol. The van der Waals surface area contributed by atoms with Crippen LogP contribution in [0.4, 0.5) is 5.69 Å². The Morgan fingerprint density at radius 1 is 1.41 bits per heavy atom. The highest BCUT2D eigenvalue weighted by Crippen LogP contribution is 2.33. The minimum Gasteiger partial charge on any atom is -0.330 e. The molecule has 0 saturated carbocycles. The molecule has 22 heavy (non-hydrogen) atoms. The third kappa shape index (κ3) is 2.86. The van der Waals surface area contributed by atoms with Crippen molar-refractivity contribution in [3.8, 4) is 0 Å². The van der Waals surface area contributed by atoms with E-state index in [9.17, 15) is 18.5 Å². The Kier molecular flexibility index (Phi) is 4.55. The number of non-ortho nitro benzene ring substituents is 1. The van der Waals surface area contributed by atoms with E-state index >= 15 is 0 Å². The van der Waals surface area contributed by atoms with Crippen LogP contribution in [0.1, 0.15) is 24.5 Å². The van der Waals surface area contributed by atoms with Crippen molar-refractivity contribution in [2.45, 2.75) is 38.1 Å². The van der Waals surface area contributed by atoms with Gasteiger partial charge in [-0.25, -0.2) is 8.42 Å². The van der Waals surface area contributed by atoms with E-state index in [4.69, 9.17) is 5.73 Å². The summed E-state index contributed by atoms with van der Waals surface area (Å²) in [6, 6.07) is 2.39. The van der Waals surface area contributed by atoms with E-state index in [1.807, 2.05) is 6.92 Å². The van der Waals surface area contributed by atoms with Crippen LogP contribution in [0.5, 0.6) is 0 Å². The Morgan fingerprint density at radius 3 is 2.55 bits per heavy atom. The van der Waals surface area contributed by atoms with Gasteiger partial charge < -0.3 is 5.73 Å². The monoisotopic (exact) mass is 327 g/mol. The zero-order chi connectivity index (χ0) is 16.7. The Labute approximate surface area is 130 Å². The van der Waals surface area contributed by atoms with Gasteiger partial charge in [-0.2, -0.15) is 4.31 Å². The first-order valence-electron chi connectivity index (χ1n) is 7.16. The van der Waals surface area contributed by atoms with Crippen molar-refractivity contribution in [2.24, 2.45) is 11.7 Å². The maximum Gasteiger partial charge on any atom is 0.271 e. The van der Waals surface area contributed by atoms with Gasteiger partial charge in [-0.05, 0) is 50.8 Å². The molecule has 2 rings (SSSR count). The van der Waals surface area contributed by atoms with Crippen molar-refractivity contribution >= 4 is 15.7 Å². The first-order chi connectivity index (χ1) is 10.2. The summed E-state index contributed by atoms with van der Waals surface area (Å²) < 4.78 is 27.2. The summed E-state index contributed by atoms with van der Waals surface area (Å²) in [5.74, 6) is 0.130. The lowest BCUT2D eigenvalue weighted by molar-refractivity contribution is -0.385. The van der Waals surface area contributed by atoms with E-state index in [2.05, 4.69) is 0 Å². The van der Waals surface area contributed by atoms with Crippen LogP contribution in [-0.2, 0) is 10.0 Å². The lowest BCUT2D eigenvalue weighted by atomic mass is 10.1. The molecule has 1 aromatic carbocycles. The summed E-state index contributed by atoms with van der Waals surface area (Å²) >= 11 is 0. The van der Waals surface area contributed by atoms with Gasteiger partial charge in [0.2, 0.25) is 10.0 Å². The summed E-state index contributed by atoms with van der Waals surface area (Å²) in [4.78, 5) is 10.5. The fourth-order valence-electron chi connectivity index (χ4n) is 2.92. The van der Waals surface area contributed by atoms with E-state index in [1.54, 1.807) is 13.8 Å². The van der Waals surface area contributed by atoms with Crippen LogP contribution >= 0.6 is 0 Å². The van der Waals surface area contributed by atoms with Gasteiger partial charge in [0.05, 0.1) is 9.82 Å². The molecule has 7 nitrogen and oxygen atoms in total. The zero-order valence-electron chi connectivity index (χ0n) is 12.9. The lowest BCUT2D eigenvalue weighted by Gasteiger charge is -2.22. The van der Waals surface area contributed by atoms with Gasteiger partial charge in [-0.1, -0.05) is 0 Å². The highest BCUT2D eigenvalue weighted by atomic mass is 32.2. The second kappa shape index (κ2) is 5.94. The SMILES string of the molecule is Cc1cc([N+](=O)[O-])cc(S(=O)(=O)N2CC(CN)CC2C)c1C. The standard InChI is InChI=1S/C14H21N3O4S/c1-9-4-13(17(18)19)6-14(11(9)3)22(20,21)16-8-12(7-15)5-10(16)2/h4,6,10,12H,5,7-8,15H2,1-3H3. The molecular formula is C14H21N3O4S. The molecule has 2 atom stereocenters. The van der Waals surface area contributed by atoms with Gasteiger partial charge >= 0.3 is 0 Å². The molecule has 2 N–H and O–H groups in total. The minimum absolute atomic E-state index is 0.0173. The third-order valence-corrected chi connectivity index (χ3v) is 6.45. The van der Waals surface area contributed by atoms with Crippen LogP contribution in [0.25, 0.3) is 0 Å². The molecule has 1 heterocycles. The van der Waals surface area contributed by atoms with Crippen LogP contribution in [0.3, 0.4) is 0 Å². The van der Waals surface area contributed by atoms with Crippen molar-refractivity contribution in [2.75, 3.05) is 13.1 Å². The molecule has 1 fully saturated rings. The normalized spacial score (nSPS) is 22.9. The smallest absolute Gasteiger partial charge is 0.271 e. The number of nitro groups is 1. The van der Waals surface area contributed by atoms with E-state index in [-0.39, 0.29) is 22.5 Å². The van der Waals surface area contributed by atoms with Gasteiger partial charge in [-0.3, -0.25) is 10.1 Å². The number of nitro benzene ring substituents is 1. The summed E-state index contributed by atoms with van der Waals surface area (Å²) in [6.07, 6.45) is 0.711. The van der Waals surface area contributed by atoms with Crippen molar-refractivity contribution in [1.29, 1.82) is 0 Å². The molecular weight excluding hydrogens is 306 g/mol. The van der Waals surface area contributed by atoms with Gasteiger partial charge in [0, 0.05) is 24.7 Å². The fourth-order valence-corrected chi connectivity index (χ4v) is 4.96. The molecule has 2 unspecified atom stereocenters. The maximum atomic E-state index is 12.9. The molecule has 0 aliphatic carbocycles. The maximum absolute atomic E-state index is 12.9. The zero-order valence-corrected chi connectivity index (χ0v) is 13.8. The Balaban J connectivity index is 2.52. The van der Waals surface area contributed by atoms with Gasteiger partial charge in [0.25, 0.3) is 5.69 Å². The predicted octanol–water partition coefficient (Wildman–Crippen LogP) is 1.57. The van der Waals surface area contributed by atoms with Crippen LogP contribution in [0.2, 0.25) is 0 Å². The minimum atomic E-state index is -3.77. The van der Waals surface area contributed by atoms with Crippen LogP contribution in [0, 0.1) is 29.9 Å². The number of aryl methyl sites for hydroxylation is 1. The van der Waals surface area contributed by atoms with Crippen LogP contribution in [-0.4, -0.2) is 36.8 Å². The predicted molar refractivity (Wildman–Crippen MR) is 83.1 cm³/mol. The largest absolute Gasteiger partial charge is 0.330 e. The number of rotatable bonds is 4. The van der Waals surface area contributed by atoms with Crippen molar-refractivity contribution in [1.82, 2.24) is 4.31 Å². The molecule has 8 heteroatoms. The molecule has 0 bridgehead atoms. The van der Waals surface area contributed by atoms with Crippen molar-refractivity contribution in [3.63, 3.8) is 0 Å². The average Bonchev–Trinajstić information content (AvgIpc) is 2.83. The molecule has 1 aromatic rings. The van der Waals surface area contributed by atoms with Gasteiger partial charge in [-0.15, -0.1) is 0 Å². The summed E-state index contributed by atoms with van der Waals surface area (Å²) in [6.45, 7) is 5.99. The van der Waals surface area contributed by atoms with Crippen LogP contribution < -0.4 is 5.73 Å². The Bertz CT molecular complexity index is 702. The van der Waals surface area contributed by atoms with E-state index in [1.165, 1.54) is 10.4 Å². The molecule has 1 aliphatic heterocycles. The van der Waals surface area contributed by atoms with E-state index < -0.39 is 14.9 Å². The summed E-state index contributed by atoms with van der Waals surface area (Å²) in [5, 5.41) is 11.0. The topological polar surface area (TPSA) is 107 Å². The number of hydrogen-bond donors (Lipinski definition) is 1. The quantitative estimate of drug-likeness (QED) is 0.667. The number of nitrogens with two attached hydrogens (primary N) is 1. The molecule has 1 saturated heterocycles. The highest BCUT2D eigenvalue weighted by Gasteiger charge is 2.38. The molecule has 0 aromatic heterocycles. The third-order valence-electron chi connectivity index (χ3n) is 4.34. The molecule has 1 aliphatic rings. The Morgan fingerprint density at radius 2 is 2.05 bits per heavy atom. The first kappa shape index (κ1) is 16.9. The van der Waals surface area contributed by atoms with Gasteiger partial charge in [0.1, 0.15) is 0 Å². The number of benzene rings is 1. The highest BCUT2D eigenvalue weighted by molar-refractivity contribution is 7.89. The first-order valence-corrected chi connectivity index (χ1v) is 8.60. The molecule has 0 amide bonds. The second-order valence-electron chi connectivity index (χ2n) is 5.90. The second-order valence-corrected chi connectivity index (χ2v) is 7.76. The van der Waals surface area contributed by atoms with E-state index in [0.717, 1.165) is 6.07 Å². The Hall–Kier alpha value is -1.51. The van der Waals surface area contributed by atoms with Crippen molar-refractivity contribution in [3.05, 3.63) is 33.4 Å². The number of sulfonamides is 1. The van der Waals surface area contributed by atoms with Gasteiger partial charge in [0.15, 0.2) is 0 Å². The molecule has 122 valence electrons. The number of hydrogen-bond acceptors (Lipinski definition) is 5. The lowest BCUT2D eigenvalue weighted by Crippen LogP contribution is -2.35. The van der Waals surface area contributed by atoms with Crippen LogP contribution in [0.15, 0.2) is 17.0 Å². The molecule has 0 spiro atoms. The summed E-state index contributed by atoms with van der Waals surface area (Å²) in [5.41, 5.74) is 6.59. The summed E-state index contributed by atoms with van der Waals surface area (Å²) in [7, 11) is -3.77.